The number of carbonyl (C=O) groups is 1. The van der Waals surface area contributed by atoms with E-state index in [9.17, 15) is 4.79 Å². The number of hydrogen-bond acceptors (Lipinski definition) is 3. The predicted octanol–water partition coefficient (Wildman–Crippen LogP) is 5.57. The molecule has 0 aliphatic rings. The van der Waals surface area contributed by atoms with Crippen molar-refractivity contribution in [3.8, 4) is 11.3 Å². The molecule has 0 radical (unpaired) electrons. The van der Waals surface area contributed by atoms with E-state index in [0.717, 1.165) is 35.1 Å². The van der Waals surface area contributed by atoms with Crippen LogP contribution in [0.2, 0.25) is 0 Å². The second kappa shape index (κ2) is 11.1. The molecule has 2 aromatic rings. The van der Waals surface area contributed by atoms with E-state index in [1.54, 1.807) is 11.5 Å². The number of unbranched alkanes of at least 4 members (excludes halogenated alkanes) is 7. The Morgan fingerprint density at radius 1 is 1.08 bits per heavy atom. The summed E-state index contributed by atoms with van der Waals surface area (Å²) in [7, 11) is 0. The molecule has 0 bridgehead atoms. The zero-order valence-electron chi connectivity index (χ0n) is 15.4. The molecule has 26 heavy (non-hydrogen) atoms. The highest BCUT2D eigenvalue weighted by molar-refractivity contribution is 9.10. The Labute approximate surface area is 163 Å². The van der Waals surface area contributed by atoms with Gasteiger partial charge in [0.25, 0.3) is 5.91 Å². The van der Waals surface area contributed by atoms with Crippen molar-refractivity contribution in [3.63, 3.8) is 0 Å². The van der Waals surface area contributed by atoms with Crippen LogP contribution < -0.4 is 5.48 Å². The summed E-state index contributed by atoms with van der Waals surface area (Å²) < 4.78 is 2.87. The molecule has 1 amide bonds. The molecule has 1 aromatic heterocycles. The van der Waals surface area contributed by atoms with Crippen molar-refractivity contribution in [2.75, 3.05) is 0 Å². The second-order valence-corrected chi connectivity index (χ2v) is 7.48. The Kier molecular flexibility index (Phi) is 8.85. The SMILES string of the molecule is CCCCCCCCCCn1nc(C(=O)NO)cc1-c1ccc(Br)cc1. The lowest BCUT2D eigenvalue weighted by atomic mass is 10.1. The minimum Gasteiger partial charge on any atom is -0.288 e. The number of halogens is 1. The fraction of sp³-hybridized carbons (Fsp3) is 0.500. The Balaban J connectivity index is 1.96. The van der Waals surface area contributed by atoms with Crippen molar-refractivity contribution in [3.05, 3.63) is 40.5 Å². The van der Waals surface area contributed by atoms with Crippen molar-refractivity contribution in [1.29, 1.82) is 0 Å². The third kappa shape index (κ3) is 6.25. The summed E-state index contributed by atoms with van der Waals surface area (Å²) in [6.45, 7) is 3.00. The zero-order valence-corrected chi connectivity index (χ0v) is 17.0. The lowest BCUT2D eigenvalue weighted by Crippen LogP contribution is -2.19. The molecule has 2 rings (SSSR count). The molecule has 0 spiro atoms. The van der Waals surface area contributed by atoms with Crippen LogP contribution in [0.3, 0.4) is 0 Å². The van der Waals surface area contributed by atoms with Gasteiger partial charge in [-0.25, -0.2) is 5.48 Å². The van der Waals surface area contributed by atoms with Crippen LogP contribution >= 0.6 is 15.9 Å². The molecule has 0 atom stereocenters. The average molecular weight is 422 g/mol. The summed E-state index contributed by atoms with van der Waals surface area (Å²) in [5.74, 6) is -0.585. The summed E-state index contributed by atoms with van der Waals surface area (Å²) >= 11 is 3.44. The van der Waals surface area contributed by atoms with Crippen LogP contribution in [-0.4, -0.2) is 20.9 Å². The minimum atomic E-state index is -0.585. The number of hydroxylamine groups is 1. The van der Waals surface area contributed by atoms with Gasteiger partial charge in [0.05, 0.1) is 5.69 Å². The highest BCUT2D eigenvalue weighted by Gasteiger charge is 2.15. The van der Waals surface area contributed by atoms with Crippen LogP contribution in [0.1, 0.15) is 68.8 Å². The quantitative estimate of drug-likeness (QED) is 0.283. The maximum absolute atomic E-state index is 11.7. The summed E-state index contributed by atoms with van der Waals surface area (Å²) in [4.78, 5) is 11.7. The van der Waals surface area contributed by atoms with Crippen LogP contribution in [0.15, 0.2) is 34.8 Å². The van der Waals surface area contributed by atoms with Gasteiger partial charge in [0.2, 0.25) is 0 Å². The molecule has 1 aromatic carbocycles. The van der Waals surface area contributed by atoms with Gasteiger partial charge in [-0.3, -0.25) is 14.7 Å². The van der Waals surface area contributed by atoms with Gasteiger partial charge in [-0.05, 0) is 30.2 Å². The Bertz CT molecular complexity index is 683. The van der Waals surface area contributed by atoms with E-state index in [2.05, 4.69) is 28.0 Å². The van der Waals surface area contributed by atoms with E-state index in [-0.39, 0.29) is 5.69 Å². The van der Waals surface area contributed by atoms with Crippen LogP contribution in [0.25, 0.3) is 11.3 Å². The number of aryl methyl sites for hydroxylation is 1. The fourth-order valence-electron chi connectivity index (χ4n) is 3.00. The first-order valence-electron chi connectivity index (χ1n) is 9.44. The number of amides is 1. The summed E-state index contributed by atoms with van der Waals surface area (Å²) in [5.41, 5.74) is 3.77. The predicted molar refractivity (Wildman–Crippen MR) is 107 cm³/mol. The van der Waals surface area contributed by atoms with Gasteiger partial charge in [-0.15, -0.1) is 0 Å². The zero-order chi connectivity index (χ0) is 18.8. The number of nitrogens with zero attached hydrogens (tertiary/aromatic N) is 2. The Morgan fingerprint density at radius 3 is 2.31 bits per heavy atom. The molecule has 0 aliphatic heterocycles. The van der Waals surface area contributed by atoms with Crippen molar-refractivity contribution in [2.24, 2.45) is 0 Å². The van der Waals surface area contributed by atoms with E-state index in [1.165, 1.54) is 38.5 Å². The van der Waals surface area contributed by atoms with E-state index < -0.39 is 5.91 Å². The maximum atomic E-state index is 11.7. The number of nitrogens with one attached hydrogen (secondary N) is 1. The number of hydrogen-bond donors (Lipinski definition) is 2. The third-order valence-corrected chi connectivity index (χ3v) is 5.01. The number of benzene rings is 1. The molecule has 1 heterocycles. The first kappa shape index (κ1) is 20.6. The average Bonchev–Trinajstić information content (AvgIpc) is 3.08. The topological polar surface area (TPSA) is 67.2 Å². The number of rotatable bonds is 11. The Morgan fingerprint density at radius 2 is 1.69 bits per heavy atom. The van der Waals surface area contributed by atoms with E-state index in [0.29, 0.717) is 0 Å². The van der Waals surface area contributed by atoms with E-state index in [4.69, 9.17) is 5.21 Å². The largest absolute Gasteiger partial charge is 0.295 e. The lowest BCUT2D eigenvalue weighted by Gasteiger charge is -2.08. The minimum absolute atomic E-state index is 0.227. The number of carbonyl (C=O) groups excluding carboxylic acids is 1. The molecular weight excluding hydrogens is 394 g/mol. The number of aromatic nitrogens is 2. The van der Waals surface area contributed by atoms with Crippen molar-refractivity contribution >= 4 is 21.8 Å². The molecule has 6 heteroatoms. The van der Waals surface area contributed by atoms with E-state index in [1.807, 2.05) is 28.9 Å². The molecule has 0 saturated heterocycles. The van der Waals surface area contributed by atoms with Crippen molar-refractivity contribution in [2.45, 2.75) is 64.8 Å². The second-order valence-electron chi connectivity index (χ2n) is 6.56. The molecular formula is C20H28BrN3O2. The molecule has 2 N–H and O–H groups in total. The smallest absolute Gasteiger partial charge is 0.288 e. The highest BCUT2D eigenvalue weighted by Crippen LogP contribution is 2.23. The molecule has 0 unspecified atom stereocenters. The molecule has 0 saturated carbocycles. The van der Waals surface area contributed by atoms with Gasteiger partial charge >= 0.3 is 0 Å². The lowest BCUT2D eigenvalue weighted by molar-refractivity contribution is 0.0700. The maximum Gasteiger partial charge on any atom is 0.295 e. The third-order valence-electron chi connectivity index (χ3n) is 4.48. The normalized spacial score (nSPS) is 10.9. The van der Waals surface area contributed by atoms with Gasteiger partial charge in [0.1, 0.15) is 0 Å². The van der Waals surface area contributed by atoms with Gasteiger partial charge < -0.3 is 0 Å². The van der Waals surface area contributed by atoms with Crippen molar-refractivity contribution in [1.82, 2.24) is 15.3 Å². The van der Waals surface area contributed by atoms with Crippen LogP contribution in [-0.2, 0) is 6.54 Å². The fourth-order valence-corrected chi connectivity index (χ4v) is 3.27. The van der Waals surface area contributed by atoms with Gasteiger partial charge in [-0.2, -0.15) is 5.10 Å². The molecule has 0 aliphatic carbocycles. The van der Waals surface area contributed by atoms with E-state index >= 15 is 0 Å². The van der Waals surface area contributed by atoms with Crippen LogP contribution in [0, 0.1) is 0 Å². The van der Waals surface area contributed by atoms with Crippen molar-refractivity contribution < 1.29 is 10.0 Å². The Hall–Kier alpha value is -1.66. The molecule has 0 fully saturated rings. The first-order chi connectivity index (χ1) is 12.7. The monoisotopic (exact) mass is 421 g/mol. The van der Waals surface area contributed by atoms with Gasteiger partial charge in [0.15, 0.2) is 5.69 Å². The standard InChI is InChI=1S/C20H28BrN3O2/c1-2-3-4-5-6-7-8-9-14-24-19(15-18(22-24)20(25)23-26)16-10-12-17(21)13-11-16/h10-13,15,26H,2-9,14H2,1H3,(H,23,25). The summed E-state index contributed by atoms with van der Waals surface area (Å²) in [5, 5.41) is 13.2. The van der Waals surface area contributed by atoms with Gasteiger partial charge in [0, 0.05) is 11.0 Å². The summed E-state index contributed by atoms with van der Waals surface area (Å²) in [6, 6.07) is 9.64. The van der Waals surface area contributed by atoms with Crippen LogP contribution in [0.4, 0.5) is 0 Å². The first-order valence-corrected chi connectivity index (χ1v) is 10.2. The molecule has 142 valence electrons. The highest BCUT2D eigenvalue weighted by atomic mass is 79.9. The van der Waals surface area contributed by atoms with Crippen LogP contribution in [0.5, 0.6) is 0 Å². The molecule has 5 nitrogen and oxygen atoms in total. The summed E-state index contributed by atoms with van der Waals surface area (Å²) in [6.07, 6.45) is 9.98. The van der Waals surface area contributed by atoms with Gasteiger partial charge in [-0.1, -0.05) is 79.9 Å².